The van der Waals surface area contributed by atoms with E-state index in [0.717, 1.165) is 21.9 Å². The zero-order valence-electron chi connectivity index (χ0n) is 16.2. The van der Waals surface area contributed by atoms with E-state index in [4.69, 9.17) is 4.52 Å². The summed E-state index contributed by atoms with van der Waals surface area (Å²) in [5.74, 6) is 0.0282. The third-order valence-corrected chi connectivity index (χ3v) is 5.32. The van der Waals surface area contributed by atoms with Crippen molar-refractivity contribution in [3.8, 4) is 0 Å². The number of nitrogens with zero attached hydrogens (tertiary/aromatic N) is 1. The van der Waals surface area contributed by atoms with Crippen LogP contribution in [0, 0.1) is 19.7 Å². The van der Waals surface area contributed by atoms with E-state index in [0.29, 0.717) is 17.0 Å². The summed E-state index contributed by atoms with van der Waals surface area (Å²) in [4.78, 5) is 24.8. The van der Waals surface area contributed by atoms with Gasteiger partial charge in [0.25, 0.3) is 5.91 Å². The molecule has 0 unspecified atom stereocenters. The second-order valence-corrected chi connectivity index (χ2v) is 7.43. The minimum Gasteiger partial charge on any atom is -0.361 e. The van der Waals surface area contributed by atoms with Crippen molar-refractivity contribution < 1.29 is 18.5 Å². The minimum atomic E-state index is -0.590. The van der Waals surface area contributed by atoms with Crippen molar-refractivity contribution in [2.45, 2.75) is 31.4 Å². The number of anilines is 2. The molecule has 1 heterocycles. The highest BCUT2D eigenvalue weighted by atomic mass is 32.2. The topological polar surface area (TPSA) is 84.2 Å². The van der Waals surface area contributed by atoms with Crippen molar-refractivity contribution >= 4 is 35.0 Å². The molecule has 0 spiro atoms. The molecule has 0 radical (unpaired) electrons. The van der Waals surface area contributed by atoms with Gasteiger partial charge in [0, 0.05) is 28.8 Å². The number of halogens is 1. The van der Waals surface area contributed by atoms with Crippen LogP contribution in [0.25, 0.3) is 0 Å². The normalized spacial score (nSPS) is 10.6. The summed E-state index contributed by atoms with van der Waals surface area (Å²) in [5.41, 5.74) is 2.61. The maximum absolute atomic E-state index is 14.2. The zero-order valence-corrected chi connectivity index (χ0v) is 17.0. The van der Waals surface area contributed by atoms with E-state index in [1.807, 2.05) is 26.0 Å². The quantitative estimate of drug-likeness (QED) is 0.560. The first-order valence-electron chi connectivity index (χ1n) is 8.87. The molecule has 3 rings (SSSR count). The van der Waals surface area contributed by atoms with Crippen LogP contribution in [0.15, 0.2) is 51.9 Å². The third kappa shape index (κ3) is 5.03. The SMILES string of the molecule is CC(=O)Nc1ccc(F)c(NC(=O)c2ccccc2SCc2c(C)noc2C)c1. The Morgan fingerprint density at radius 1 is 1.14 bits per heavy atom. The molecule has 0 fully saturated rings. The number of nitrogens with one attached hydrogen (secondary N) is 2. The molecular formula is C21H20FN3O3S. The van der Waals surface area contributed by atoms with E-state index in [2.05, 4.69) is 15.8 Å². The van der Waals surface area contributed by atoms with Gasteiger partial charge in [0.15, 0.2) is 0 Å². The van der Waals surface area contributed by atoms with E-state index in [1.54, 1.807) is 12.1 Å². The molecule has 2 N–H and O–H groups in total. The summed E-state index contributed by atoms with van der Waals surface area (Å²) in [6, 6.07) is 11.1. The van der Waals surface area contributed by atoms with Gasteiger partial charge >= 0.3 is 0 Å². The van der Waals surface area contributed by atoms with Crippen LogP contribution < -0.4 is 10.6 Å². The standard InChI is InChI=1S/C21H20FN3O3S/c1-12-17(13(2)28-25-12)11-29-20-7-5-4-6-16(20)21(27)24-19-10-15(23-14(3)26)8-9-18(19)22/h4-10H,11H2,1-3H3,(H,23,26)(H,24,27). The summed E-state index contributed by atoms with van der Waals surface area (Å²) in [6.07, 6.45) is 0. The molecule has 150 valence electrons. The Labute approximate surface area is 171 Å². The van der Waals surface area contributed by atoms with E-state index in [1.165, 1.54) is 36.9 Å². The van der Waals surface area contributed by atoms with Gasteiger partial charge in [0.05, 0.1) is 16.9 Å². The van der Waals surface area contributed by atoms with Crippen molar-refractivity contribution in [1.82, 2.24) is 5.16 Å². The Morgan fingerprint density at radius 3 is 2.59 bits per heavy atom. The summed E-state index contributed by atoms with van der Waals surface area (Å²) >= 11 is 1.48. The molecule has 3 aromatic rings. The fraction of sp³-hybridized carbons (Fsp3) is 0.190. The lowest BCUT2D eigenvalue weighted by molar-refractivity contribution is -0.114. The van der Waals surface area contributed by atoms with Crippen LogP contribution in [-0.4, -0.2) is 17.0 Å². The highest BCUT2D eigenvalue weighted by Gasteiger charge is 2.16. The Morgan fingerprint density at radius 2 is 1.90 bits per heavy atom. The molecule has 0 aliphatic rings. The second-order valence-electron chi connectivity index (χ2n) is 6.42. The first-order valence-corrected chi connectivity index (χ1v) is 9.85. The van der Waals surface area contributed by atoms with E-state index >= 15 is 0 Å². The van der Waals surface area contributed by atoms with Crippen molar-refractivity contribution in [3.05, 3.63) is 70.9 Å². The number of carbonyl (C=O) groups is 2. The molecule has 0 aliphatic carbocycles. The fourth-order valence-electron chi connectivity index (χ4n) is 2.73. The highest BCUT2D eigenvalue weighted by molar-refractivity contribution is 7.98. The first-order chi connectivity index (χ1) is 13.8. The fourth-order valence-corrected chi connectivity index (χ4v) is 3.93. The van der Waals surface area contributed by atoms with Crippen molar-refractivity contribution in [2.75, 3.05) is 10.6 Å². The number of benzene rings is 2. The number of hydrogen-bond acceptors (Lipinski definition) is 5. The van der Waals surface area contributed by atoms with Gasteiger partial charge in [0.2, 0.25) is 5.91 Å². The summed E-state index contributed by atoms with van der Waals surface area (Å²) in [5, 5.41) is 9.10. The van der Waals surface area contributed by atoms with Gasteiger partial charge in [-0.1, -0.05) is 17.3 Å². The molecule has 2 aromatic carbocycles. The van der Waals surface area contributed by atoms with Crippen LogP contribution in [0.3, 0.4) is 0 Å². The van der Waals surface area contributed by atoms with E-state index < -0.39 is 11.7 Å². The van der Waals surface area contributed by atoms with Crippen LogP contribution in [0.5, 0.6) is 0 Å². The monoisotopic (exact) mass is 413 g/mol. The van der Waals surface area contributed by atoms with E-state index in [9.17, 15) is 14.0 Å². The molecule has 0 atom stereocenters. The lowest BCUT2D eigenvalue weighted by Gasteiger charge is -2.12. The first kappa shape index (κ1) is 20.6. The smallest absolute Gasteiger partial charge is 0.256 e. The summed E-state index contributed by atoms with van der Waals surface area (Å²) in [7, 11) is 0. The van der Waals surface area contributed by atoms with Crippen molar-refractivity contribution in [3.63, 3.8) is 0 Å². The Bertz CT molecular complexity index is 1050. The second kappa shape index (κ2) is 8.91. The number of aryl methyl sites for hydroxylation is 2. The van der Waals surface area contributed by atoms with Gasteiger partial charge in [-0.2, -0.15) is 0 Å². The molecule has 0 saturated heterocycles. The lowest BCUT2D eigenvalue weighted by Crippen LogP contribution is -2.15. The van der Waals surface area contributed by atoms with Crippen LogP contribution in [0.2, 0.25) is 0 Å². The minimum absolute atomic E-state index is 0.00761. The molecular weight excluding hydrogens is 393 g/mol. The maximum Gasteiger partial charge on any atom is 0.256 e. The van der Waals surface area contributed by atoms with Gasteiger partial charge < -0.3 is 15.2 Å². The zero-order chi connectivity index (χ0) is 21.0. The van der Waals surface area contributed by atoms with Crippen LogP contribution in [0.4, 0.5) is 15.8 Å². The van der Waals surface area contributed by atoms with Crippen molar-refractivity contribution in [1.29, 1.82) is 0 Å². The van der Waals surface area contributed by atoms with Gasteiger partial charge in [-0.05, 0) is 44.2 Å². The number of amides is 2. The number of aromatic nitrogens is 1. The number of hydrogen-bond donors (Lipinski definition) is 2. The Kier molecular flexibility index (Phi) is 6.33. The molecule has 29 heavy (non-hydrogen) atoms. The molecule has 1 aromatic heterocycles. The number of carbonyl (C=O) groups excluding carboxylic acids is 2. The predicted molar refractivity (Wildman–Crippen MR) is 111 cm³/mol. The molecule has 0 aliphatic heterocycles. The average molecular weight is 413 g/mol. The van der Waals surface area contributed by atoms with Gasteiger partial charge in [0.1, 0.15) is 11.6 Å². The summed E-state index contributed by atoms with van der Waals surface area (Å²) in [6.45, 7) is 5.07. The largest absolute Gasteiger partial charge is 0.361 e. The van der Waals surface area contributed by atoms with Crippen LogP contribution >= 0.6 is 11.8 Å². The Hall–Kier alpha value is -3.13. The molecule has 8 heteroatoms. The van der Waals surface area contributed by atoms with Gasteiger partial charge in [-0.25, -0.2) is 4.39 Å². The van der Waals surface area contributed by atoms with Crippen molar-refractivity contribution in [2.24, 2.45) is 0 Å². The van der Waals surface area contributed by atoms with E-state index in [-0.39, 0.29) is 11.6 Å². The average Bonchev–Trinajstić information content (AvgIpc) is 3.00. The highest BCUT2D eigenvalue weighted by Crippen LogP contribution is 2.29. The predicted octanol–water partition coefficient (Wildman–Crippen LogP) is 4.93. The third-order valence-electron chi connectivity index (χ3n) is 4.22. The van der Waals surface area contributed by atoms with Crippen LogP contribution in [0.1, 0.15) is 34.3 Å². The Balaban J connectivity index is 1.79. The molecule has 6 nitrogen and oxygen atoms in total. The van der Waals surface area contributed by atoms with Gasteiger partial charge in [-0.3, -0.25) is 9.59 Å². The van der Waals surface area contributed by atoms with Gasteiger partial charge in [-0.15, -0.1) is 11.8 Å². The molecule has 0 saturated carbocycles. The molecule has 0 bridgehead atoms. The maximum atomic E-state index is 14.2. The lowest BCUT2D eigenvalue weighted by atomic mass is 10.2. The number of thioether (sulfide) groups is 1. The van der Waals surface area contributed by atoms with Crippen LogP contribution in [-0.2, 0) is 10.5 Å². The molecule has 2 amide bonds. The summed E-state index contributed by atoms with van der Waals surface area (Å²) < 4.78 is 19.3. The number of rotatable bonds is 6.